The van der Waals surface area contributed by atoms with Crippen molar-refractivity contribution in [3.05, 3.63) is 297 Å². The van der Waals surface area contributed by atoms with Crippen LogP contribution in [-0.4, -0.2) is 15.7 Å². The number of nitrogens with zero attached hydrogens (tertiary/aromatic N) is 2. The predicted octanol–water partition coefficient (Wildman–Crippen LogP) is 36.3. The summed E-state index contributed by atoms with van der Waals surface area (Å²) in [6.45, 7) is 19.9. The Hall–Kier alpha value is -12.8. The molecule has 0 radical (unpaired) electrons. The topological polar surface area (TPSA) is 28.3 Å². The highest BCUT2D eigenvalue weighted by Gasteiger charge is 2.47. The number of hydrogen-bond acceptors (Lipinski definition) is 2. The number of aromatic nitrogens is 2. The number of benzene rings is 10. The monoisotopic (exact) mass is 1660 g/mol. The third-order valence-corrected chi connectivity index (χ3v) is 25.7. The molecule has 10 aromatic carbocycles. The van der Waals surface area contributed by atoms with Gasteiger partial charge in [-0.15, -0.1) is 6.42 Å². The SMILES string of the molecule is C#CC#CC#CC#CC#COc1ccc(C2(c3ccc(OCCCCCCCCCC)cc3)c3cc(-c4ccc5c(c4)C(C=C=C=C=C=C=C=C=C=C)(CCCCCCCCCC)c4cc(C)ccc4-5)ccc3-c3ccc(-c4ccc5c(c4)c4cc(-c6ccc7c(c6)c6cc(C)ccc6n7CCCCCCCC)ccc4n5CCCCCCCC)cc32)cc1.[HH].[HH].[HH].[HH].[HH].[HH].[HH].[HH].[HH].[HH].[HH].[HH].[HH].[HH].[HH].[HH].[HH].[HH].[HH].[HH]. The van der Waals surface area contributed by atoms with E-state index in [1.807, 2.05) is 12.1 Å². The van der Waals surface area contributed by atoms with Gasteiger partial charge in [-0.05, 0) is 290 Å². The molecular weight excluding hydrogens is 1500 g/mol. The molecule has 4 heteroatoms. The van der Waals surface area contributed by atoms with Gasteiger partial charge in [0.2, 0.25) is 0 Å². The molecule has 2 aliphatic rings. The van der Waals surface area contributed by atoms with Gasteiger partial charge in [-0.25, -0.2) is 0 Å². The lowest BCUT2D eigenvalue weighted by atomic mass is 9.67. The van der Waals surface area contributed by atoms with Crippen molar-refractivity contribution in [3.8, 4) is 127 Å². The Morgan fingerprint density at radius 3 is 1.20 bits per heavy atom. The zero-order valence-corrected chi connectivity index (χ0v) is 74.2. The molecule has 124 heavy (non-hydrogen) atoms. The summed E-state index contributed by atoms with van der Waals surface area (Å²) in [6.07, 6.45) is 46.0. The number of ether oxygens (including phenoxy) is 2. The molecule has 2 aliphatic carbocycles. The molecule has 0 saturated heterocycles. The van der Waals surface area contributed by atoms with Gasteiger partial charge < -0.3 is 18.6 Å². The maximum absolute atomic E-state index is 6.70. The van der Waals surface area contributed by atoms with Crippen molar-refractivity contribution in [1.82, 2.24) is 9.13 Å². The van der Waals surface area contributed by atoms with Crippen LogP contribution >= 0.6 is 0 Å². The van der Waals surface area contributed by atoms with Crippen molar-refractivity contribution < 1.29 is 38.0 Å². The maximum Gasteiger partial charge on any atom is 0.140 e. The molecule has 0 spiro atoms. The van der Waals surface area contributed by atoms with Crippen LogP contribution in [0.25, 0.3) is 99.2 Å². The minimum Gasteiger partial charge on any atom is -0.494 e. The smallest absolute Gasteiger partial charge is 0.140 e. The third kappa shape index (κ3) is 20.3. The second-order valence-corrected chi connectivity index (χ2v) is 34.1. The third-order valence-electron chi connectivity index (χ3n) is 25.7. The maximum atomic E-state index is 6.70. The molecule has 4 nitrogen and oxygen atoms in total. The van der Waals surface area contributed by atoms with Gasteiger partial charge in [0.15, 0.2) is 0 Å². The van der Waals surface area contributed by atoms with Crippen LogP contribution in [0.15, 0.2) is 253 Å². The molecule has 2 heterocycles. The highest BCUT2D eigenvalue weighted by Crippen LogP contribution is 2.59. The normalized spacial score (nSPS) is 13.5. The Morgan fingerprint density at radius 2 is 0.710 bits per heavy atom. The van der Waals surface area contributed by atoms with Crippen molar-refractivity contribution in [1.29, 1.82) is 0 Å². The van der Waals surface area contributed by atoms with Crippen LogP contribution in [0.3, 0.4) is 0 Å². The molecule has 14 rings (SSSR count). The first kappa shape index (κ1) is 87.5. The summed E-state index contributed by atoms with van der Waals surface area (Å²) in [5, 5.41) is 5.19. The standard InChI is InChI=1S/C120H118N2O2.20H2/c1-9-15-21-27-33-37-41-47-77-119(78-48-42-38-34-28-22-16-10-2)111-84-92(8)53-69-103(111)104-70-55-96(88-112(104)119)98-57-72-106-105-71-56-97(89-113(105)120(114(106)90-98,99-61-65-101(66-62-99)123-81-51-45-39-35-29-23-17-11-3)100-63-67-102(68-64-100)124-82-52-46-40-36-30-24-18-12-4)95-60-76-118-110(87-95)109-86-94(59-75-117(109)122(118)80-50-44-32-26-20-14-6)93-58-74-116-108(85-93)107-83-91(7)54-73-115(107)121(116)79-49-43-31-25-19-13-5;;;;;;;;;;;;;;;;;;;;/h3,53-77,83-90H,1,10,12-14,16,18-20,22,24-26,28,30-32,34,36,38,40,42-44,46,48-50,52,78-80,82H2,2,4-8H3;20*1H. The average molecular weight is 1660 g/mol. The average Bonchev–Trinajstić information content (AvgIpc) is 1.52. The van der Waals surface area contributed by atoms with Gasteiger partial charge in [0.25, 0.3) is 0 Å². The van der Waals surface area contributed by atoms with E-state index in [9.17, 15) is 0 Å². The predicted molar refractivity (Wildman–Crippen MR) is 565 cm³/mol. The van der Waals surface area contributed by atoms with Gasteiger partial charge in [0.05, 0.1) is 12.0 Å². The molecule has 2 aromatic heterocycles. The highest BCUT2D eigenvalue weighted by atomic mass is 16.5. The van der Waals surface area contributed by atoms with E-state index in [2.05, 4.69) is 345 Å². The zero-order chi connectivity index (χ0) is 85.7. The van der Waals surface area contributed by atoms with Crippen molar-refractivity contribution >= 4 is 43.6 Å². The summed E-state index contributed by atoms with van der Waals surface area (Å²) >= 11 is 0. The molecule has 2 atom stereocenters. The summed E-state index contributed by atoms with van der Waals surface area (Å²) in [4.78, 5) is 0. The Morgan fingerprint density at radius 1 is 0.347 bits per heavy atom. The van der Waals surface area contributed by atoms with E-state index in [0.717, 1.165) is 90.7 Å². The first-order valence-electron chi connectivity index (χ1n) is 46.4. The molecule has 0 amide bonds. The van der Waals surface area contributed by atoms with Crippen LogP contribution in [-0.2, 0) is 23.9 Å². The summed E-state index contributed by atoms with van der Waals surface area (Å²) < 4.78 is 18.1. The first-order valence-corrected chi connectivity index (χ1v) is 46.4. The van der Waals surface area contributed by atoms with E-state index in [1.165, 1.54) is 258 Å². The fourth-order valence-electron chi connectivity index (χ4n) is 19.4. The molecule has 0 saturated carbocycles. The molecular formula is C120H158N2O2. The lowest BCUT2D eigenvalue weighted by Gasteiger charge is -2.34. The number of allylic oxidation sites excluding steroid dienone is 1. The molecule has 0 fully saturated rings. The summed E-state index contributed by atoms with van der Waals surface area (Å²) in [5.41, 5.74) is 48.8. The van der Waals surface area contributed by atoms with Gasteiger partial charge in [-0.2, -0.15) is 0 Å². The minimum atomic E-state index is -0.879. The largest absolute Gasteiger partial charge is 0.494 e. The van der Waals surface area contributed by atoms with Crippen LogP contribution in [0, 0.1) is 73.7 Å². The molecule has 12 aromatic rings. The molecule has 0 aliphatic heterocycles. The Kier molecular flexibility index (Phi) is 30.9. The van der Waals surface area contributed by atoms with Crippen molar-refractivity contribution in [2.24, 2.45) is 0 Å². The van der Waals surface area contributed by atoms with Gasteiger partial charge in [0.1, 0.15) is 17.6 Å². The van der Waals surface area contributed by atoms with E-state index >= 15 is 0 Å². The second kappa shape index (κ2) is 43.8. The molecule has 0 bridgehead atoms. The zero-order valence-electron chi connectivity index (χ0n) is 74.2. The number of fused-ring (bicyclic) bond motifs is 12. The number of terminal acetylenes is 1. The lowest BCUT2D eigenvalue weighted by Crippen LogP contribution is -2.28. The fourth-order valence-corrected chi connectivity index (χ4v) is 19.4. The van der Waals surface area contributed by atoms with Crippen LogP contribution in [0.5, 0.6) is 11.5 Å². The van der Waals surface area contributed by atoms with Crippen molar-refractivity contribution in [2.45, 2.75) is 252 Å². The number of hydrogen-bond donors (Lipinski definition) is 0. The van der Waals surface area contributed by atoms with Gasteiger partial charge in [0, 0.05) is 114 Å². The Balaban J connectivity index is -0.00000188. The van der Waals surface area contributed by atoms with Crippen molar-refractivity contribution in [3.63, 3.8) is 0 Å². The summed E-state index contributed by atoms with van der Waals surface area (Å²) in [5.74, 6) is 22.5. The second-order valence-electron chi connectivity index (χ2n) is 34.1. The molecule has 2 unspecified atom stereocenters. The quantitative estimate of drug-likeness (QED) is 0.0218. The molecule has 0 N–H and O–H groups in total. The number of aryl methyl sites for hydroxylation is 4. The van der Waals surface area contributed by atoms with Gasteiger partial charge in [-0.1, -0.05) is 314 Å². The van der Waals surface area contributed by atoms with E-state index in [1.54, 1.807) is 0 Å². The van der Waals surface area contributed by atoms with Gasteiger partial charge >= 0.3 is 0 Å². The number of unbranched alkanes of at least 4 members (excludes halogenated alkanes) is 24. The Labute approximate surface area is 769 Å². The van der Waals surface area contributed by atoms with Crippen LogP contribution in [0.1, 0.15) is 287 Å². The minimum absolute atomic E-state index is 0. The van der Waals surface area contributed by atoms with E-state index < -0.39 is 10.8 Å². The van der Waals surface area contributed by atoms with E-state index in [0.29, 0.717) is 12.4 Å². The van der Waals surface area contributed by atoms with Crippen LogP contribution < -0.4 is 9.47 Å². The van der Waals surface area contributed by atoms with Crippen LogP contribution in [0.4, 0.5) is 0 Å². The first-order chi connectivity index (χ1) is 61.1. The summed E-state index contributed by atoms with van der Waals surface area (Å²) in [6, 6.07) is 75.2. The Bertz CT molecular complexity index is 6600. The van der Waals surface area contributed by atoms with E-state index in [4.69, 9.17) is 15.9 Å². The van der Waals surface area contributed by atoms with Gasteiger partial charge in [-0.3, -0.25) is 0 Å². The lowest BCUT2D eigenvalue weighted by molar-refractivity contribution is 0.304. The fraction of sp³-hybridized carbons (Fsp3) is 0.333. The molecule has 660 valence electrons. The highest BCUT2D eigenvalue weighted by molar-refractivity contribution is 6.12. The van der Waals surface area contributed by atoms with Crippen LogP contribution in [0.2, 0.25) is 0 Å². The van der Waals surface area contributed by atoms with Crippen molar-refractivity contribution in [2.75, 3.05) is 6.61 Å². The number of rotatable bonds is 40. The van der Waals surface area contributed by atoms with E-state index in [-0.39, 0.29) is 28.5 Å². The summed E-state index contributed by atoms with van der Waals surface area (Å²) in [7, 11) is 0.